The van der Waals surface area contributed by atoms with Gasteiger partial charge in [0.25, 0.3) is 0 Å². The minimum absolute atomic E-state index is 0.152. The fraction of sp³-hybridized carbons (Fsp3) is 0.652. The molecule has 3 fully saturated rings. The van der Waals surface area contributed by atoms with E-state index >= 15 is 0 Å². The zero-order valence-electron chi connectivity index (χ0n) is 17.4. The number of amides is 2. The molecule has 4 atom stereocenters. The van der Waals surface area contributed by atoms with Crippen molar-refractivity contribution < 1.29 is 19.2 Å². The van der Waals surface area contributed by atoms with Crippen LogP contribution in [0.3, 0.4) is 0 Å². The van der Waals surface area contributed by atoms with Crippen molar-refractivity contribution in [2.75, 3.05) is 11.9 Å². The van der Waals surface area contributed by atoms with E-state index in [1.54, 1.807) is 31.2 Å². The number of carbonyl (C=O) groups is 2. The van der Waals surface area contributed by atoms with Gasteiger partial charge in [0.15, 0.2) is 0 Å². The van der Waals surface area contributed by atoms with E-state index in [0.29, 0.717) is 29.9 Å². The van der Waals surface area contributed by atoms with Crippen LogP contribution in [0.25, 0.3) is 0 Å². The highest BCUT2D eigenvalue weighted by Crippen LogP contribution is 2.26. The van der Waals surface area contributed by atoms with Crippen molar-refractivity contribution in [3.05, 3.63) is 29.8 Å². The Bertz CT molecular complexity index is 701. The lowest BCUT2D eigenvalue weighted by atomic mass is 9.80. The van der Waals surface area contributed by atoms with Crippen LogP contribution in [0.2, 0.25) is 0 Å². The van der Waals surface area contributed by atoms with E-state index in [2.05, 4.69) is 10.6 Å². The van der Waals surface area contributed by atoms with Gasteiger partial charge < -0.3 is 20.3 Å². The van der Waals surface area contributed by atoms with Crippen molar-refractivity contribution in [2.24, 2.45) is 0 Å². The third-order valence-electron chi connectivity index (χ3n) is 7.00. The predicted molar refractivity (Wildman–Crippen MR) is 112 cm³/mol. The van der Waals surface area contributed by atoms with Crippen LogP contribution in [-0.2, 0) is 4.74 Å². The molecule has 0 spiro atoms. The zero-order chi connectivity index (χ0) is 20.2. The molecule has 4 rings (SSSR count). The zero-order valence-corrected chi connectivity index (χ0v) is 17.4. The molecule has 158 valence electrons. The fourth-order valence-electron chi connectivity index (χ4n) is 5.87. The molecular formula is C23H34N3O3+. The summed E-state index contributed by atoms with van der Waals surface area (Å²) >= 11 is 0. The largest absolute Gasteiger partial charge is 0.462 e. The highest BCUT2D eigenvalue weighted by atomic mass is 16.5. The normalized spacial score (nSPS) is 29.3. The molecule has 2 amide bonds. The summed E-state index contributed by atoms with van der Waals surface area (Å²) in [5.74, 6) is -0.341. The molecule has 2 bridgehead atoms. The number of fused-ring (bicyclic) bond motifs is 2. The van der Waals surface area contributed by atoms with Crippen LogP contribution in [0.15, 0.2) is 24.3 Å². The molecule has 2 saturated heterocycles. The van der Waals surface area contributed by atoms with Crippen LogP contribution in [0, 0.1) is 0 Å². The van der Waals surface area contributed by atoms with Crippen LogP contribution in [-0.4, -0.2) is 42.8 Å². The van der Waals surface area contributed by atoms with E-state index in [1.807, 2.05) is 4.90 Å². The lowest BCUT2D eigenvalue weighted by Crippen LogP contribution is -3.24. The van der Waals surface area contributed by atoms with Crippen LogP contribution in [0.4, 0.5) is 10.5 Å². The molecule has 1 aromatic rings. The van der Waals surface area contributed by atoms with Crippen LogP contribution >= 0.6 is 0 Å². The standard InChI is InChI=1S/C23H33N3O3/c1-2-29-22(27)16-10-12-17(13-11-16)24-23(28)25-18-14-20-8-5-9-21(15-18)26(20)19-6-3-4-7-19/h10-13,18-21H,2-9,14-15H2,1H3,(H2,24,25,28)/p+1/t18?,20-,21+. The first-order valence-electron chi connectivity index (χ1n) is 11.4. The van der Waals surface area contributed by atoms with Gasteiger partial charge in [-0.2, -0.15) is 0 Å². The molecule has 6 nitrogen and oxygen atoms in total. The fourth-order valence-corrected chi connectivity index (χ4v) is 5.87. The second kappa shape index (κ2) is 9.16. The molecule has 1 aliphatic carbocycles. The highest BCUT2D eigenvalue weighted by molar-refractivity contribution is 5.92. The summed E-state index contributed by atoms with van der Waals surface area (Å²) in [5, 5.41) is 6.12. The third kappa shape index (κ3) is 4.74. The van der Waals surface area contributed by atoms with Crippen LogP contribution in [0.5, 0.6) is 0 Å². The Morgan fingerprint density at radius 3 is 2.21 bits per heavy atom. The van der Waals surface area contributed by atoms with E-state index in [9.17, 15) is 9.59 Å². The number of ether oxygens (including phenoxy) is 1. The lowest BCUT2D eigenvalue weighted by molar-refractivity contribution is -0.982. The van der Waals surface area contributed by atoms with Gasteiger partial charge in [0.2, 0.25) is 0 Å². The van der Waals surface area contributed by atoms with Gasteiger partial charge in [-0.05, 0) is 76.1 Å². The van der Waals surface area contributed by atoms with Crippen LogP contribution in [0.1, 0.15) is 75.1 Å². The van der Waals surface area contributed by atoms with Gasteiger partial charge in [-0.1, -0.05) is 0 Å². The smallest absolute Gasteiger partial charge is 0.338 e. The molecule has 2 aliphatic heterocycles. The van der Waals surface area contributed by atoms with Crippen molar-refractivity contribution in [1.82, 2.24) is 5.32 Å². The van der Waals surface area contributed by atoms with E-state index in [4.69, 9.17) is 4.74 Å². The van der Waals surface area contributed by atoms with Gasteiger partial charge in [-0.25, -0.2) is 9.59 Å². The van der Waals surface area contributed by atoms with E-state index < -0.39 is 0 Å². The SMILES string of the molecule is CCOC(=O)c1ccc(NC(=O)NC2C[C@H]3CCC[C@@H](C2)[NH+]3C2CCCC2)cc1. The van der Waals surface area contributed by atoms with Gasteiger partial charge in [-0.3, -0.25) is 0 Å². The first-order chi connectivity index (χ1) is 14.1. The Balaban J connectivity index is 1.30. The van der Waals surface area contributed by atoms with Crippen molar-refractivity contribution in [2.45, 2.75) is 88.9 Å². The highest BCUT2D eigenvalue weighted by Gasteiger charge is 2.46. The van der Waals surface area contributed by atoms with Crippen molar-refractivity contribution in [3.8, 4) is 0 Å². The second-order valence-corrected chi connectivity index (χ2v) is 8.87. The average Bonchev–Trinajstić information content (AvgIpc) is 3.22. The summed E-state index contributed by atoms with van der Waals surface area (Å²) < 4.78 is 4.99. The van der Waals surface area contributed by atoms with Crippen molar-refractivity contribution >= 4 is 17.7 Å². The third-order valence-corrected chi connectivity index (χ3v) is 7.00. The molecule has 2 heterocycles. The van der Waals surface area contributed by atoms with Gasteiger partial charge >= 0.3 is 12.0 Å². The first kappa shape index (κ1) is 20.2. The number of benzene rings is 1. The molecule has 3 aliphatic rings. The summed E-state index contributed by atoms with van der Waals surface area (Å²) in [6.45, 7) is 2.14. The number of urea groups is 1. The van der Waals surface area contributed by atoms with Crippen molar-refractivity contribution in [1.29, 1.82) is 0 Å². The molecule has 3 N–H and O–H groups in total. The predicted octanol–water partition coefficient (Wildman–Crippen LogP) is 2.90. The number of piperidine rings is 2. The molecular weight excluding hydrogens is 366 g/mol. The maximum atomic E-state index is 12.5. The Morgan fingerprint density at radius 1 is 0.966 bits per heavy atom. The summed E-state index contributed by atoms with van der Waals surface area (Å²) in [7, 11) is 0. The van der Waals surface area contributed by atoms with Gasteiger partial charge in [0, 0.05) is 24.6 Å². The number of anilines is 1. The molecule has 1 saturated carbocycles. The minimum atomic E-state index is -0.341. The summed E-state index contributed by atoms with van der Waals surface area (Å²) in [4.78, 5) is 26.1. The average molecular weight is 401 g/mol. The van der Waals surface area contributed by atoms with Gasteiger partial charge in [0.05, 0.1) is 30.3 Å². The number of hydrogen-bond acceptors (Lipinski definition) is 3. The molecule has 0 aromatic heterocycles. The van der Waals surface area contributed by atoms with Crippen LogP contribution < -0.4 is 15.5 Å². The Morgan fingerprint density at radius 2 is 1.59 bits per heavy atom. The summed E-state index contributed by atoms with van der Waals surface area (Å²) in [6.07, 6.45) is 11.7. The van der Waals surface area contributed by atoms with Gasteiger partial charge in [0.1, 0.15) is 0 Å². The number of nitrogens with one attached hydrogen (secondary N) is 3. The number of carbonyl (C=O) groups excluding carboxylic acids is 2. The second-order valence-electron chi connectivity index (χ2n) is 8.87. The topological polar surface area (TPSA) is 71.9 Å². The molecule has 2 unspecified atom stereocenters. The van der Waals surface area contributed by atoms with Crippen molar-refractivity contribution in [3.63, 3.8) is 0 Å². The Hall–Kier alpha value is -2.08. The number of rotatable bonds is 5. The molecule has 0 radical (unpaired) electrons. The van der Waals surface area contributed by atoms with E-state index in [0.717, 1.165) is 18.9 Å². The summed E-state index contributed by atoms with van der Waals surface area (Å²) in [6, 6.07) is 9.23. The molecule has 6 heteroatoms. The Labute approximate surface area is 173 Å². The maximum Gasteiger partial charge on any atom is 0.338 e. The number of hydrogen-bond donors (Lipinski definition) is 3. The lowest BCUT2D eigenvalue weighted by Gasteiger charge is -2.48. The molecule has 29 heavy (non-hydrogen) atoms. The van der Waals surface area contributed by atoms with E-state index in [1.165, 1.54) is 44.9 Å². The molecule has 1 aromatic carbocycles. The maximum absolute atomic E-state index is 12.5. The number of esters is 1. The Kier molecular flexibility index (Phi) is 6.38. The minimum Gasteiger partial charge on any atom is -0.462 e. The monoisotopic (exact) mass is 400 g/mol. The van der Waals surface area contributed by atoms with Gasteiger partial charge in [-0.15, -0.1) is 0 Å². The number of quaternary nitrogens is 1. The first-order valence-corrected chi connectivity index (χ1v) is 11.4. The quantitative estimate of drug-likeness (QED) is 0.666. The summed E-state index contributed by atoms with van der Waals surface area (Å²) in [5.41, 5.74) is 1.18. The van der Waals surface area contributed by atoms with E-state index in [-0.39, 0.29) is 18.0 Å².